The number of hydrogen-bond donors (Lipinski definition) is 2. The molecule has 0 bridgehead atoms. The van der Waals surface area contributed by atoms with E-state index < -0.39 is 5.97 Å². The van der Waals surface area contributed by atoms with E-state index in [1.807, 2.05) is 0 Å². The molecular weight excluding hydrogens is 298 g/mol. The Kier molecular flexibility index (Phi) is 8.67. The van der Waals surface area contributed by atoms with Gasteiger partial charge < -0.3 is 10.4 Å². The summed E-state index contributed by atoms with van der Waals surface area (Å²) < 4.78 is 0. The minimum Gasteiger partial charge on any atom is -0.481 e. The van der Waals surface area contributed by atoms with Crippen LogP contribution in [0.1, 0.15) is 43.2 Å². The predicted octanol–water partition coefficient (Wildman–Crippen LogP) is 3.55. The molecule has 0 radical (unpaired) electrons. The van der Waals surface area contributed by atoms with Crippen LogP contribution >= 0.6 is 11.8 Å². The number of rotatable bonds is 10. The highest BCUT2D eigenvalue weighted by Gasteiger charge is 2.03. The van der Waals surface area contributed by atoms with Gasteiger partial charge in [-0.05, 0) is 49.9 Å². The zero-order chi connectivity index (χ0) is 16.4. The summed E-state index contributed by atoms with van der Waals surface area (Å²) in [5.74, 6) is 0.0786. The fourth-order valence-corrected chi connectivity index (χ4v) is 2.91. The molecule has 0 fully saturated rings. The standard InChI is InChI=1S/C17H25NO3S/c1-13-7-8-15(12-14(13)2)22-11-9-16(19)18-10-5-3-4-6-17(20)21/h7-8,12H,3-6,9-11H2,1-2H3,(H,18,19)(H,20,21). The first kappa shape index (κ1) is 18.6. The van der Waals surface area contributed by atoms with Gasteiger partial charge >= 0.3 is 5.97 Å². The van der Waals surface area contributed by atoms with E-state index in [0.29, 0.717) is 19.4 Å². The highest BCUT2D eigenvalue weighted by molar-refractivity contribution is 7.99. The lowest BCUT2D eigenvalue weighted by molar-refractivity contribution is -0.137. The molecule has 0 aliphatic heterocycles. The summed E-state index contributed by atoms with van der Waals surface area (Å²) in [5, 5.41) is 11.4. The number of nitrogens with one attached hydrogen (secondary N) is 1. The van der Waals surface area contributed by atoms with Crippen LogP contribution in [0.5, 0.6) is 0 Å². The van der Waals surface area contributed by atoms with Crippen LogP contribution in [0.2, 0.25) is 0 Å². The van der Waals surface area contributed by atoms with Crippen molar-refractivity contribution in [3.63, 3.8) is 0 Å². The molecule has 0 heterocycles. The molecule has 0 aliphatic carbocycles. The van der Waals surface area contributed by atoms with Gasteiger partial charge in [-0.1, -0.05) is 12.5 Å². The molecule has 0 saturated carbocycles. The summed E-state index contributed by atoms with van der Waals surface area (Å²) in [4.78, 5) is 23.2. The summed E-state index contributed by atoms with van der Waals surface area (Å²) >= 11 is 1.70. The van der Waals surface area contributed by atoms with Crippen LogP contribution in [-0.2, 0) is 9.59 Å². The van der Waals surface area contributed by atoms with Crippen molar-refractivity contribution in [2.75, 3.05) is 12.3 Å². The molecule has 2 N–H and O–H groups in total. The van der Waals surface area contributed by atoms with Crippen molar-refractivity contribution < 1.29 is 14.7 Å². The van der Waals surface area contributed by atoms with Gasteiger partial charge in [0.2, 0.25) is 5.91 Å². The van der Waals surface area contributed by atoms with Crippen LogP contribution in [0.15, 0.2) is 23.1 Å². The first-order chi connectivity index (χ1) is 10.5. The van der Waals surface area contributed by atoms with E-state index in [4.69, 9.17) is 5.11 Å². The second-order valence-corrected chi connectivity index (χ2v) is 6.57. The molecule has 0 aromatic heterocycles. The van der Waals surface area contributed by atoms with Crippen LogP contribution in [0.25, 0.3) is 0 Å². The Morgan fingerprint density at radius 2 is 1.86 bits per heavy atom. The minimum absolute atomic E-state index is 0.0644. The van der Waals surface area contributed by atoms with E-state index in [2.05, 4.69) is 37.4 Å². The number of aliphatic carboxylic acids is 1. The summed E-state index contributed by atoms with van der Waals surface area (Å²) in [5.41, 5.74) is 2.56. The highest BCUT2D eigenvalue weighted by Crippen LogP contribution is 2.21. The van der Waals surface area contributed by atoms with Crippen molar-refractivity contribution in [2.45, 2.75) is 50.8 Å². The molecule has 0 saturated heterocycles. The Morgan fingerprint density at radius 3 is 2.55 bits per heavy atom. The van der Waals surface area contributed by atoms with E-state index >= 15 is 0 Å². The van der Waals surface area contributed by atoms with Crippen molar-refractivity contribution in [3.05, 3.63) is 29.3 Å². The third-order valence-electron chi connectivity index (χ3n) is 3.47. The molecule has 122 valence electrons. The fraction of sp³-hybridized carbons (Fsp3) is 0.529. The average Bonchev–Trinajstić information content (AvgIpc) is 2.46. The Balaban J connectivity index is 2.08. The largest absolute Gasteiger partial charge is 0.481 e. The number of aryl methyl sites for hydroxylation is 2. The molecule has 22 heavy (non-hydrogen) atoms. The van der Waals surface area contributed by atoms with Gasteiger partial charge in [0.1, 0.15) is 0 Å². The molecule has 1 amide bonds. The van der Waals surface area contributed by atoms with Crippen molar-refractivity contribution in [1.29, 1.82) is 0 Å². The third-order valence-corrected chi connectivity index (χ3v) is 4.46. The lowest BCUT2D eigenvalue weighted by atomic mass is 10.1. The smallest absolute Gasteiger partial charge is 0.303 e. The maximum atomic E-state index is 11.7. The first-order valence-electron chi connectivity index (χ1n) is 7.67. The molecule has 0 aliphatic rings. The predicted molar refractivity (Wildman–Crippen MR) is 90.4 cm³/mol. The SMILES string of the molecule is Cc1ccc(SCCC(=O)NCCCCCC(=O)O)cc1C. The van der Waals surface area contributed by atoms with E-state index in [0.717, 1.165) is 18.6 Å². The first-order valence-corrected chi connectivity index (χ1v) is 8.66. The zero-order valence-corrected chi connectivity index (χ0v) is 14.2. The molecule has 0 spiro atoms. The van der Waals surface area contributed by atoms with Crippen LogP contribution in [0, 0.1) is 13.8 Å². The normalized spacial score (nSPS) is 10.5. The Hall–Kier alpha value is -1.49. The summed E-state index contributed by atoms with van der Waals surface area (Å²) in [6.45, 7) is 4.82. The third kappa shape index (κ3) is 8.08. The van der Waals surface area contributed by atoms with Gasteiger partial charge in [0, 0.05) is 30.0 Å². The molecule has 4 nitrogen and oxygen atoms in total. The number of amides is 1. The van der Waals surface area contributed by atoms with Crippen LogP contribution in [0.4, 0.5) is 0 Å². The van der Waals surface area contributed by atoms with Crippen molar-refractivity contribution in [2.24, 2.45) is 0 Å². The maximum absolute atomic E-state index is 11.7. The molecule has 5 heteroatoms. The summed E-state index contributed by atoms with van der Waals surface area (Å²) in [7, 11) is 0. The number of benzene rings is 1. The van der Waals surface area contributed by atoms with E-state index in [1.165, 1.54) is 16.0 Å². The Morgan fingerprint density at radius 1 is 1.09 bits per heavy atom. The van der Waals surface area contributed by atoms with Crippen LogP contribution in [-0.4, -0.2) is 29.3 Å². The van der Waals surface area contributed by atoms with Crippen molar-refractivity contribution in [1.82, 2.24) is 5.32 Å². The monoisotopic (exact) mass is 323 g/mol. The number of carboxylic acids is 1. The number of thioether (sulfide) groups is 1. The van der Waals surface area contributed by atoms with Crippen molar-refractivity contribution >= 4 is 23.6 Å². The van der Waals surface area contributed by atoms with Gasteiger partial charge in [0.05, 0.1) is 0 Å². The Labute approximate surface area is 136 Å². The molecule has 1 rings (SSSR count). The Bertz CT molecular complexity index is 503. The van der Waals surface area contributed by atoms with E-state index in [9.17, 15) is 9.59 Å². The molecule has 0 atom stereocenters. The van der Waals surface area contributed by atoms with E-state index in [-0.39, 0.29) is 12.3 Å². The average molecular weight is 323 g/mol. The number of carbonyl (C=O) groups is 2. The maximum Gasteiger partial charge on any atom is 0.303 e. The second-order valence-electron chi connectivity index (χ2n) is 5.40. The second kappa shape index (κ2) is 10.3. The number of hydrogen-bond acceptors (Lipinski definition) is 3. The van der Waals surface area contributed by atoms with Gasteiger partial charge in [-0.2, -0.15) is 0 Å². The van der Waals surface area contributed by atoms with Gasteiger partial charge in [0.15, 0.2) is 0 Å². The zero-order valence-electron chi connectivity index (χ0n) is 13.4. The van der Waals surface area contributed by atoms with Gasteiger partial charge in [-0.3, -0.25) is 9.59 Å². The van der Waals surface area contributed by atoms with Crippen molar-refractivity contribution in [3.8, 4) is 0 Å². The summed E-state index contributed by atoms with van der Waals surface area (Å²) in [6.07, 6.45) is 3.06. The van der Waals surface area contributed by atoms with Crippen LogP contribution < -0.4 is 5.32 Å². The lowest BCUT2D eigenvalue weighted by Crippen LogP contribution is -2.24. The molecular formula is C17H25NO3S. The van der Waals surface area contributed by atoms with E-state index in [1.54, 1.807) is 11.8 Å². The molecule has 1 aromatic carbocycles. The lowest BCUT2D eigenvalue weighted by Gasteiger charge is -2.06. The number of carboxylic acid groups (broad SMARTS) is 1. The summed E-state index contributed by atoms with van der Waals surface area (Å²) in [6, 6.07) is 6.35. The molecule has 0 unspecified atom stereocenters. The number of carbonyl (C=O) groups excluding carboxylic acids is 1. The number of unbranched alkanes of at least 4 members (excludes halogenated alkanes) is 2. The molecule has 1 aromatic rings. The van der Waals surface area contributed by atoms with Gasteiger partial charge in [-0.15, -0.1) is 11.8 Å². The van der Waals surface area contributed by atoms with Gasteiger partial charge in [-0.25, -0.2) is 0 Å². The quantitative estimate of drug-likeness (QED) is 0.510. The van der Waals surface area contributed by atoms with Gasteiger partial charge in [0.25, 0.3) is 0 Å². The topological polar surface area (TPSA) is 66.4 Å². The minimum atomic E-state index is -0.757. The highest BCUT2D eigenvalue weighted by atomic mass is 32.2. The fourth-order valence-electron chi connectivity index (χ4n) is 1.96. The van der Waals surface area contributed by atoms with Crippen LogP contribution in [0.3, 0.4) is 0 Å².